The molecule has 3 heterocycles. The molecule has 2 aliphatic heterocycles. The number of amides is 1. The number of ether oxygens (including phenoxy) is 2. The number of hydrogen-bond donors (Lipinski definition) is 0. The number of likely N-dealkylation sites (tertiary alicyclic amines) is 1. The van der Waals surface area contributed by atoms with Gasteiger partial charge in [-0.25, -0.2) is 4.98 Å². The van der Waals surface area contributed by atoms with E-state index >= 15 is 0 Å². The van der Waals surface area contributed by atoms with Gasteiger partial charge < -0.3 is 14.4 Å². The van der Waals surface area contributed by atoms with Crippen LogP contribution in [0.3, 0.4) is 0 Å². The van der Waals surface area contributed by atoms with Gasteiger partial charge in [0.1, 0.15) is 11.7 Å². The standard InChI is InChI=1S/C16H21N3O3/c20-15(12-2-1-3-12)19-10-16(11-19)8-13(4-7-21-16)22-14-9-17-5-6-18-14/h5-6,9,12-13H,1-4,7-8,10-11H2/t13-/m0/s1. The summed E-state index contributed by atoms with van der Waals surface area (Å²) in [5.41, 5.74) is -0.204. The van der Waals surface area contributed by atoms with E-state index in [4.69, 9.17) is 9.47 Å². The fourth-order valence-corrected chi connectivity index (χ4v) is 3.54. The monoisotopic (exact) mass is 303 g/mol. The van der Waals surface area contributed by atoms with Gasteiger partial charge in [-0.05, 0) is 12.8 Å². The summed E-state index contributed by atoms with van der Waals surface area (Å²) in [7, 11) is 0. The minimum atomic E-state index is -0.204. The summed E-state index contributed by atoms with van der Waals surface area (Å²) in [5, 5.41) is 0. The van der Waals surface area contributed by atoms with Crippen molar-refractivity contribution in [1.82, 2.24) is 14.9 Å². The van der Waals surface area contributed by atoms with Gasteiger partial charge in [-0.2, -0.15) is 0 Å². The molecule has 0 aromatic carbocycles. The van der Waals surface area contributed by atoms with Gasteiger partial charge in [0, 0.05) is 31.2 Å². The van der Waals surface area contributed by atoms with Crippen molar-refractivity contribution in [3.63, 3.8) is 0 Å². The first-order chi connectivity index (χ1) is 10.7. The molecule has 6 nitrogen and oxygen atoms in total. The van der Waals surface area contributed by atoms with E-state index in [1.54, 1.807) is 18.6 Å². The Morgan fingerprint density at radius 2 is 2.18 bits per heavy atom. The molecular weight excluding hydrogens is 282 g/mol. The van der Waals surface area contributed by atoms with E-state index in [2.05, 4.69) is 9.97 Å². The first-order valence-corrected chi connectivity index (χ1v) is 8.10. The molecule has 1 aromatic rings. The van der Waals surface area contributed by atoms with Crippen molar-refractivity contribution >= 4 is 5.91 Å². The molecule has 0 radical (unpaired) electrons. The molecule has 3 fully saturated rings. The Bertz CT molecular complexity index is 541. The quantitative estimate of drug-likeness (QED) is 0.845. The van der Waals surface area contributed by atoms with E-state index in [9.17, 15) is 4.79 Å². The predicted octanol–water partition coefficient (Wildman–Crippen LogP) is 1.42. The molecule has 6 heteroatoms. The lowest BCUT2D eigenvalue weighted by molar-refractivity contribution is -0.197. The highest BCUT2D eigenvalue weighted by Crippen LogP contribution is 2.38. The molecule has 22 heavy (non-hydrogen) atoms. The van der Waals surface area contributed by atoms with Gasteiger partial charge in [-0.3, -0.25) is 9.78 Å². The highest BCUT2D eigenvalue weighted by molar-refractivity contribution is 5.80. The topological polar surface area (TPSA) is 64.6 Å². The zero-order chi connectivity index (χ0) is 15.0. The first kappa shape index (κ1) is 13.9. The van der Waals surface area contributed by atoms with Gasteiger partial charge in [0.05, 0.1) is 25.9 Å². The summed E-state index contributed by atoms with van der Waals surface area (Å²) in [5.74, 6) is 1.15. The van der Waals surface area contributed by atoms with Crippen LogP contribution in [0.5, 0.6) is 5.88 Å². The van der Waals surface area contributed by atoms with E-state index in [0.717, 1.165) is 25.7 Å². The Labute approximate surface area is 129 Å². The van der Waals surface area contributed by atoms with E-state index in [0.29, 0.717) is 31.5 Å². The van der Waals surface area contributed by atoms with Crippen molar-refractivity contribution in [2.45, 2.75) is 43.8 Å². The summed E-state index contributed by atoms with van der Waals surface area (Å²) in [4.78, 5) is 22.4. The number of rotatable bonds is 3. The maximum absolute atomic E-state index is 12.2. The molecular formula is C16H21N3O3. The van der Waals surface area contributed by atoms with Gasteiger partial charge in [0.25, 0.3) is 0 Å². The largest absolute Gasteiger partial charge is 0.473 e. The third-order valence-corrected chi connectivity index (χ3v) is 5.00. The number of nitrogens with zero attached hydrogens (tertiary/aromatic N) is 3. The van der Waals surface area contributed by atoms with Crippen LogP contribution in [0.25, 0.3) is 0 Å². The predicted molar refractivity (Wildman–Crippen MR) is 78.3 cm³/mol. The smallest absolute Gasteiger partial charge is 0.232 e. The zero-order valence-corrected chi connectivity index (χ0v) is 12.6. The highest BCUT2D eigenvalue weighted by Gasteiger charge is 2.51. The molecule has 0 unspecified atom stereocenters. The Balaban J connectivity index is 1.33. The average Bonchev–Trinajstić information content (AvgIpc) is 2.44. The lowest BCUT2D eigenvalue weighted by Gasteiger charge is -2.54. The number of carbonyl (C=O) groups is 1. The SMILES string of the molecule is O=C(C1CCC1)N1CC2(C[C@@H](Oc3cnccn3)CCO2)C1. The van der Waals surface area contributed by atoms with Gasteiger partial charge in [0.15, 0.2) is 0 Å². The van der Waals surface area contributed by atoms with Crippen molar-refractivity contribution in [2.75, 3.05) is 19.7 Å². The maximum atomic E-state index is 12.2. The second kappa shape index (κ2) is 5.50. The summed E-state index contributed by atoms with van der Waals surface area (Å²) in [6.45, 7) is 2.10. The fraction of sp³-hybridized carbons (Fsp3) is 0.688. The van der Waals surface area contributed by atoms with E-state index in [1.165, 1.54) is 6.42 Å². The van der Waals surface area contributed by atoms with Crippen LogP contribution in [-0.4, -0.2) is 52.2 Å². The van der Waals surface area contributed by atoms with Crippen LogP contribution in [0.15, 0.2) is 18.6 Å². The van der Waals surface area contributed by atoms with Crippen molar-refractivity contribution < 1.29 is 14.3 Å². The lowest BCUT2D eigenvalue weighted by Crippen LogP contribution is -2.68. The zero-order valence-electron chi connectivity index (χ0n) is 12.6. The van der Waals surface area contributed by atoms with Gasteiger partial charge in [-0.15, -0.1) is 0 Å². The van der Waals surface area contributed by atoms with Crippen molar-refractivity contribution in [1.29, 1.82) is 0 Å². The Morgan fingerprint density at radius 3 is 2.86 bits per heavy atom. The normalized spacial score (nSPS) is 27.1. The van der Waals surface area contributed by atoms with Crippen LogP contribution in [-0.2, 0) is 9.53 Å². The fourth-order valence-electron chi connectivity index (χ4n) is 3.54. The molecule has 2 saturated heterocycles. The van der Waals surface area contributed by atoms with Gasteiger partial charge in [-0.1, -0.05) is 6.42 Å². The molecule has 3 aliphatic rings. The highest BCUT2D eigenvalue weighted by atomic mass is 16.5. The lowest BCUT2D eigenvalue weighted by atomic mass is 9.80. The Morgan fingerprint density at radius 1 is 1.32 bits per heavy atom. The molecule has 1 atom stereocenters. The van der Waals surface area contributed by atoms with Crippen molar-refractivity contribution in [3.05, 3.63) is 18.6 Å². The third-order valence-electron chi connectivity index (χ3n) is 5.00. The van der Waals surface area contributed by atoms with Crippen LogP contribution in [0.2, 0.25) is 0 Å². The van der Waals surface area contributed by atoms with Gasteiger partial charge >= 0.3 is 0 Å². The summed E-state index contributed by atoms with van der Waals surface area (Å²) >= 11 is 0. The molecule has 4 rings (SSSR count). The third kappa shape index (κ3) is 2.56. The molecule has 1 amide bonds. The molecule has 1 saturated carbocycles. The Kier molecular flexibility index (Phi) is 3.48. The molecule has 0 bridgehead atoms. The van der Waals surface area contributed by atoms with Crippen LogP contribution >= 0.6 is 0 Å². The summed E-state index contributed by atoms with van der Waals surface area (Å²) in [6.07, 6.45) is 9.97. The molecule has 1 aromatic heterocycles. The minimum absolute atomic E-state index is 0.0893. The molecule has 1 aliphatic carbocycles. The van der Waals surface area contributed by atoms with Crippen molar-refractivity contribution in [3.8, 4) is 5.88 Å². The Hall–Kier alpha value is -1.69. The summed E-state index contributed by atoms with van der Waals surface area (Å²) < 4.78 is 11.9. The van der Waals surface area contributed by atoms with Crippen LogP contribution in [0.4, 0.5) is 0 Å². The van der Waals surface area contributed by atoms with E-state index in [1.807, 2.05) is 4.90 Å². The van der Waals surface area contributed by atoms with E-state index < -0.39 is 0 Å². The number of hydrogen-bond acceptors (Lipinski definition) is 5. The maximum Gasteiger partial charge on any atom is 0.232 e. The molecule has 1 spiro atoms. The van der Waals surface area contributed by atoms with Gasteiger partial charge in [0.2, 0.25) is 11.8 Å². The van der Waals surface area contributed by atoms with Crippen LogP contribution < -0.4 is 4.74 Å². The van der Waals surface area contributed by atoms with Crippen LogP contribution in [0.1, 0.15) is 32.1 Å². The summed E-state index contributed by atoms with van der Waals surface area (Å²) in [6, 6.07) is 0. The second-order valence-electron chi connectivity index (χ2n) is 6.63. The number of carbonyl (C=O) groups excluding carboxylic acids is 1. The van der Waals surface area contributed by atoms with E-state index in [-0.39, 0.29) is 17.6 Å². The van der Waals surface area contributed by atoms with Crippen molar-refractivity contribution in [2.24, 2.45) is 5.92 Å². The van der Waals surface area contributed by atoms with Crippen LogP contribution in [0, 0.1) is 5.92 Å². The average molecular weight is 303 g/mol. The molecule has 118 valence electrons. The minimum Gasteiger partial charge on any atom is -0.473 e. The molecule has 0 N–H and O–H groups in total. The first-order valence-electron chi connectivity index (χ1n) is 8.10. The second-order valence-corrected chi connectivity index (χ2v) is 6.63. The number of aromatic nitrogens is 2.